The van der Waals surface area contributed by atoms with Crippen molar-refractivity contribution in [2.75, 3.05) is 7.05 Å². The molecule has 2 N–H and O–H groups in total. The molecule has 92 valence electrons. The van der Waals surface area contributed by atoms with E-state index in [1.54, 1.807) is 4.90 Å². The maximum atomic E-state index is 11.6. The summed E-state index contributed by atoms with van der Waals surface area (Å²) in [5.74, 6) is 0.663. The fraction of sp³-hybridized carbons (Fsp3) is 0.500. The van der Waals surface area contributed by atoms with Gasteiger partial charge >= 0.3 is 0 Å². The fourth-order valence-corrected chi connectivity index (χ4v) is 2.45. The van der Waals surface area contributed by atoms with E-state index in [1.165, 1.54) is 5.56 Å². The molecule has 2 atom stereocenters. The Morgan fingerprint density at radius 1 is 1.29 bits per heavy atom. The van der Waals surface area contributed by atoms with Crippen LogP contribution in [0.15, 0.2) is 24.3 Å². The first-order valence-electron chi connectivity index (χ1n) is 6.12. The number of likely N-dealkylation sites (N-methyl/N-ethyl adjacent to an activating group) is 1. The van der Waals surface area contributed by atoms with Crippen LogP contribution in [0.4, 0.5) is 0 Å². The van der Waals surface area contributed by atoms with Crippen LogP contribution in [0, 0.1) is 0 Å². The molecule has 0 saturated carbocycles. The van der Waals surface area contributed by atoms with E-state index in [0.717, 1.165) is 5.56 Å². The molecule has 1 aromatic carbocycles. The summed E-state index contributed by atoms with van der Waals surface area (Å²) in [4.78, 5) is 13.3. The van der Waals surface area contributed by atoms with Gasteiger partial charge in [0.15, 0.2) is 0 Å². The van der Waals surface area contributed by atoms with E-state index in [4.69, 9.17) is 5.73 Å². The molecule has 1 saturated heterocycles. The summed E-state index contributed by atoms with van der Waals surface area (Å²) in [7, 11) is 1.83. The van der Waals surface area contributed by atoms with Crippen LogP contribution in [0.25, 0.3) is 0 Å². The number of benzene rings is 1. The van der Waals surface area contributed by atoms with E-state index in [-0.39, 0.29) is 18.0 Å². The Hall–Kier alpha value is -1.35. The van der Waals surface area contributed by atoms with Crippen molar-refractivity contribution in [2.24, 2.45) is 5.73 Å². The molecule has 0 aromatic heterocycles. The molecule has 2 rings (SSSR count). The Kier molecular flexibility index (Phi) is 3.20. The number of nitrogens with zero attached hydrogens (tertiary/aromatic N) is 1. The van der Waals surface area contributed by atoms with Crippen molar-refractivity contribution in [3.63, 3.8) is 0 Å². The third-order valence-corrected chi connectivity index (χ3v) is 3.57. The van der Waals surface area contributed by atoms with Crippen LogP contribution in [0.2, 0.25) is 0 Å². The molecular formula is C14H20N2O. The van der Waals surface area contributed by atoms with Crippen molar-refractivity contribution >= 4 is 5.91 Å². The average molecular weight is 232 g/mol. The summed E-state index contributed by atoms with van der Waals surface area (Å²) in [5.41, 5.74) is 8.48. The predicted molar refractivity (Wildman–Crippen MR) is 68.6 cm³/mol. The highest BCUT2D eigenvalue weighted by Gasteiger charge is 2.35. The fourth-order valence-electron chi connectivity index (χ4n) is 2.45. The Morgan fingerprint density at radius 2 is 1.88 bits per heavy atom. The first kappa shape index (κ1) is 12.1. The minimum absolute atomic E-state index is 0.0312. The number of nitrogens with two attached hydrogens (primary N) is 1. The van der Waals surface area contributed by atoms with Crippen LogP contribution in [-0.2, 0) is 4.79 Å². The Morgan fingerprint density at radius 3 is 2.29 bits per heavy atom. The third kappa shape index (κ3) is 2.20. The Bertz CT molecular complexity index is 411. The lowest BCUT2D eigenvalue weighted by Crippen LogP contribution is -2.30. The average Bonchev–Trinajstić information content (AvgIpc) is 2.53. The van der Waals surface area contributed by atoms with Crippen molar-refractivity contribution in [2.45, 2.75) is 38.3 Å². The van der Waals surface area contributed by atoms with E-state index >= 15 is 0 Å². The number of carbonyl (C=O) groups is 1. The van der Waals surface area contributed by atoms with E-state index in [1.807, 2.05) is 7.05 Å². The molecule has 17 heavy (non-hydrogen) atoms. The summed E-state index contributed by atoms with van der Waals surface area (Å²) in [5, 5.41) is 0. The van der Waals surface area contributed by atoms with Crippen LogP contribution < -0.4 is 5.73 Å². The largest absolute Gasteiger partial charge is 0.337 e. The maximum Gasteiger partial charge on any atom is 0.224 e. The zero-order valence-electron chi connectivity index (χ0n) is 10.7. The summed E-state index contributed by atoms with van der Waals surface area (Å²) < 4.78 is 0. The minimum atomic E-state index is -0.0857. The van der Waals surface area contributed by atoms with Crippen molar-refractivity contribution in [3.05, 3.63) is 35.4 Å². The number of carbonyl (C=O) groups excluding carboxylic acids is 1. The highest BCUT2D eigenvalue weighted by atomic mass is 16.2. The monoisotopic (exact) mass is 232 g/mol. The second-order valence-electron chi connectivity index (χ2n) is 5.14. The third-order valence-electron chi connectivity index (χ3n) is 3.57. The number of hydrogen-bond donors (Lipinski definition) is 1. The smallest absolute Gasteiger partial charge is 0.224 e. The van der Waals surface area contributed by atoms with E-state index in [0.29, 0.717) is 12.3 Å². The van der Waals surface area contributed by atoms with Crippen LogP contribution in [0.3, 0.4) is 0 Å². The van der Waals surface area contributed by atoms with Gasteiger partial charge in [-0.25, -0.2) is 0 Å². The molecule has 0 spiro atoms. The van der Waals surface area contributed by atoms with Crippen LogP contribution in [-0.4, -0.2) is 23.9 Å². The maximum absolute atomic E-state index is 11.6. The molecule has 3 heteroatoms. The molecular weight excluding hydrogens is 212 g/mol. The van der Waals surface area contributed by atoms with Gasteiger partial charge in [0.05, 0.1) is 6.04 Å². The van der Waals surface area contributed by atoms with Gasteiger partial charge < -0.3 is 10.6 Å². The SMILES string of the molecule is CC(C)c1ccc([C@@H]2[C@@H](N)CC(=O)N2C)cc1. The zero-order chi connectivity index (χ0) is 12.6. The van der Waals surface area contributed by atoms with Crippen molar-refractivity contribution in [3.8, 4) is 0 Å². The summed E-state index contributed by atoms with van der Waals surface area (Å²) in [6, 6.07) is 8.39. The Balaban J connectivity index is 2.25. The molecule has 1 aliphatic rings. The highest BCUT2D eigenvalue weighted by molar-refractivity contribution is 5.80. The van der Waals surface area contributed by atoms with Gasteiger partial charge in [-0.3, -0.25) is 4.79 Å². The lowest BCUT2D eigenvalue weighted by Gasteiger charge is -2.23. The molecule has 0 unspecified atom stereocenters. The molecule has 0 bridgehead atoms. The first-order valence-corrected chi connectivity index (χ1v) is 6.12. The first-order chi connectivity index (χ1) is 8.00. The lowest BCUT2D eigenvalue weighted by molar-refractivity contribution is -0.127. The molecule has 0 aliphatic carbocycles. The predicted octanol–water partition coefficient (Wildman–Crippen LogP) is 2.04. The van der Waals surface area contributed by atoms with Gasteiger partial charge in [0.2, 0.25) is 5.91 Å². The number of likely N-dealkylation sites (tertiary alicyclic amines) is 1. The zero-order valence-corrected chi connectivity index (χ0v) is 10.7. The van der Waals surface area contributed by atoms with Gasteiger partial charge in [-0.2, -0.15) is 0 Å². The number of amides is 1. The van der Waals surface area contributed by atoms with Gasteiger partial charge in [0, 0.05) is 19.5 Å². The summed E-state index contributed by atoms with van der Waals surface area (Å²) >= 11 is 0. The van der Waals surface area contributed by atoms with Crippen LogP contribution in [0.1, 0.15) is 43.4 Å². The van der Waals surface area contributed by atoms with Gasteiger partial charge in [0.1, 0.15) is 0 Å². The topological polar surface area (TPSA) is 46.3 Å². The second-order valence-corrected chi connectivity index (χ2v) is 5.14. The number of hydrogen-bond acceptors (Lipinski definition) is 2. The highest BCUT2D eigenvalue weighted by Crippen LogP contribution is 2.31. The van der Waals surface area contributed by atoms with Crippen molar-refractivity contribution in [1.82, 2.24) is 4.90 Å². The van der Waals surface area contributed by atoms with Crippen molar-refractivity contribution in [1.29, 1.82) is 0 Å². The summed E-state index contributed by atoms with van der Waals surface area (Å²) in [6.45, 7) is 4.35. The normalized spacial score (nSPS) is 24.8. The Labute approximate surface area is 103 Å². The lowest BCUT2D eigenvalue weighted by atomic mass is 9.96. The van der Waals surface area contributed by atoms with E-state index in [9.17, 15) is 4.79 Å². The van der Waals surface area contributed by atoms with E-state index < -0.39 is 0 Å². The van der Waals surface area contributed by atoms with Crippen molar-refractivity contribution < 1.29 is 4.79 Å². The van der Waals surface area contributed by atoms with Gasteiger partial charge in [-0.15, -0.1) is 0 Å². The van der Waals surface area contributed by atoms with Gasteiger partial charge in [-0.1, -0.05) is 38.1 Å². The van der Waals surface area contributed by atoms with E-state index in [2.05, 4.69) is 38.1 Å². The van der Waals surface area contributed by atoms with Crippen LogP contribution >= 0.6 is 0 Å². The van der Waals surface area contributed by atoms with Gasteiger partial charge in [0.25, 0.3) is 0 Å². The van der Waals surface area contributed by atoms with Crippen LogP contribution in [0.5, 0.6) is 0 Å². The second kappa shape index (κ2) is 4.49. The molecule has 1 aromatic rings. The summed E-state index contributed by atoms with van der Waals surface area (Å²) in [6.07, 6.45) is 0.451. The number of rotatable bonds is 2. The molecule has 1 aliphatic heterocycles. The quantitative estimate of drug-likeness (QED) is 0.848. The van der Waals surface area contributed by atoms with Gasteiger partial charge in [-0.05, 0) is 17.0 Å². The molecule has 3 nitrogen and oxygen atoms in total. The molecule has 0 radical (unpaired) electrons. The molecule has 1 heterocycles. The minimum Gasteiger partial charge on any atom is -0.337 e. The molecule has 1 amide bonds. The standard InChI is InChI=1S/C14H20N2O/c1-9(2)10-4-6-11(7-5-10)14-12(15)8-13(17)16(14)3/h4-7,9,12,14H,8,15H2,1-3H3/t12-,14+/m0/s1. The molecule has 1 fully saturated rings.